The first-order valence-electron chi connectivity index (χ1n) is 8.27. The van der Waals surface area contributed by atoms with E-state index in [1.54, 1.807) is 25.2 Å². The van der Waals surface area contributed by atoms with Crippen LogP contribution in [0.1, 0.15) is 15.9 Å². The zero-order chi connectivity index (χ0) is 19.2. The van der Waals surface area contributed by atoms with E-state index in [4.69, 9.17) is 17.3 Å². The fourth-order valence-corrected chi connectivity index (χ4v) is 2.61. The van der Waals surface area contributed by atoms with Gasteiger partial charge in [0.2, 0.25) is 5.95 Å². The quantitative estimate of drug-likeness (QED) is 0.520. The predicted octanol–water partition coefficient (Wildman–Crippen LogP) is 3.44. The number of anilines is 4. The van der Waals surface area contributed by atoms with E-state index in [1.165, 1.54) is 6.20 Å². The lowest BCUT2D eigenvalue weighted by Gasteiger charge is -2.13. The molecule has 2 aromatic carbocycles. The number of benzene rings is 2. The maximum absolute atomic E-state index is 12.0. The SMILES string of the molecule is CNC(=O)c1ccccc1Nc1nc(Nc2cccc(CN)c2)ncc1Cl. The number of rotatable bonds is 6. The summed E-state index contributed by atoms with van der Waals surface area (Å²) in [6.07, 6.45) is 1.49. The van der Waals surface area contributed by atoms with Crippen LogP contribution < -0.4 is 21.7 Å². The van der Waals surface area contributed by atoms with Crippen molar-refractivity contribution in [2.24, 2.45) is 5.73 Å². The van der Waals surface area contributed by atoms with Crippen LogP contribution in [0.3, 0.4) is 0 Å². The van der Waals surface area contributed by atoms with E-state index in [-0.39, 0.29) is 5.91 Å². The maximum Gasteiger partial charge on any atom is 0.253 e. The fourth-order valence-electron chi connectivity index (χ4n) is 2.47. The summed E-state index contributed by atoms with van der Waals surface area (Å²) in [7, 11) is 1.58. The van der Waals surface area contributed by atoms with Crippen molar-refractivity contribution in [3.63, 3.8) is 0 Å². The van der Waals surface area contributed by atoms with Crippen LogP contribution in [-0.4, -0.2) is 22.9 Å². The molecule has 0 atom stereocenters. The van der Waals surface area contributed by atoms with Gasteiger partial charge in [0, 0.05) is 19.3 Å². The van der Waals surface area contributed by atoms with Crippen LogP contribution in [0.5, 0.6) is 0 Å². The molecule has 3 aromatic rings. The Morgan fingerprint density at radius 3 is 2.74 bits per heavy atom. The number of aromatic nitrogens is 2. The van der Waals surface area contributed by atoms with Crippen LogP contribution in [0.25, 0.3) is 0 Å². The molecule has 8 heteroatoms. The van der Waals surface area contributed by atoms with Gasteiger partial charge in [-0.15, -0.1) is 0 Å². The summed E-state index contributed by atoms with van der Waals surface area (Å²) in [5, 5.41) is 9.17. The summed E-state index contributed by atoms with van der Waals surface area (Å²) in [6.45, 7) is 0.445. The molecule has 0 aliphatic heterocycles. The molecule has 0 spiro atoms. The highest BCUT2D eigenvalue weighted by molar-refractivity contribution is 6.33. The van der Waals surface area contributed by atoms with Gasteiger partial charge in [-0.25, -0.2) is 4.98 Å². The zero-order valence-electron chi connectivity index (χ0n) is 14.7. The van der Waals surface area contributed by atoms with Crippen LogP contribution in [-0.2, 0) is 6.54 Å². The summed E-state index contributed by atoms with van der Waals surface area (Å²) in [5.74, 6) is 0.550. The second-order valence-corrected chi connectivity index (χ2v) is 6.08. The minimum atomic E-state index is -0.208. The third-order valence-electron chi connectivity index (χ3n) is 3.81. The van der Waals surface area contributed by atoms with Gasteiger partial charge in [-0.05, 0) is 29.8 Å². The van der Waals surface area contributed by atoms with Gasteiger partial charge in [0.05, 0.1) is 17.4 Å². The van der Waals surface area contributed by atoms with Crippen LogP contribution in [0.4, 0.5) is 23.1 Å². The number of amides is 1. The summed E-state index contributed by atoms with van der Waals surface area (Å²) in [4.78, 5) is 20.7. The summed E-state index contributed by atoms with van der Waals surface area (Å²) < 4.78 is 0. The van der Waals surface area contributed by atoms with Gasteiger partial charge in [-0.1, -0.05) is 35.9 Å². The van der Waals surface area contributed by atoms with Crippen LogP contribution in [0.15, 0.2) is 54.7 Å². The Balaban J connectivity index is 1.87. The lowest BCUT2D eigenvalue weighted by atomic mass is 10.1. The van der Waals surface area contributed by atoms with Gasteiger partial charge in [0.15, 0.2) is 5.82 Å². The topological polar surface area (TPSA) is 105 Å². The van der Waals surface area contributed by atoms with Crippen molar-refractivity contribution in [1.29, 1.82) is 0 Å². The minimum Gasteiger partial charge on any atom is -0.355 e. The lowest BCUT2D eigenvalue weighted by molar-refractivity contribution is 0.0964. The molecule has 7 nitrogen and oxygen atoms in total. The number of nitrogens with two attached hydrogens (primary N) is 1. The number of para-hydroxylation sites is 1. The van der Waals surface area contributed by atoms with Gasteiger partial charge >= 0.3 is 0 Å². The van der Waals surface area contributed by atoms with E-state index in [0.29, 0.717) is 34.6 Å². The van der Waals surface area contributed by atoms with Gasteiger partial charge in [0.1, 0.15) is 5.02 Å². The number of hydrogen-bond acceptors (Lipinski definition) is 6. The number of halogens is 1. The van der Waals surface area contributed by atoms with Crippen molar-refractivity contribution in [1.82, 2.24) is 15.3 Å². The first-order chi connectivity index (χ1) is 13.1. The van der Waals surface area contributed by atoms with E-state index in [1.807, 2.05) is 30.3 Å². The molecule has 0 fully saturated rings. The van der Waals surface area contributed by atoms with Gasteiger partial charge in [-0.2, -0.15) is 4.98 Å². The van der Waals surface area contributed by atoms with E-state index in [9.17, 15) is 4.79 Å². The Bertz CT molecular complexity index is 962. The van der Waals surface area contributed by atoms with Gasteiger partial charge in [0.25, 0.3) is 5.91 Å². The molecule has 0 aliphatic carbocycles. The number of nitrogens with one attached hydrogen (secondary N) is 3. The summed E-state index contributed by atoms with van der Waals surface area (Å²) >= 11 is 6.23. The zero-order valence-corrected chi connectivity index (χ0v) is 15.4. The standard InChI is InChI=1S/C19H19ClN6O/c1-22-18(27)14-7-2-3-8-16(14)25-17-15(20)11-23-19(26-17)24-13-6-4-5-12(9-13)10-21/h2-9,11H,10,21H2,1H3,(H,22,27)(H2,23,24,25,26). The second kappa shape index (κ2) is 8.48. The molecule has 138 valence electrons. The first kappa shape index (κ1) is 18.6. The minimum absolute atomic E-state index is 0.208. The van der Waals surface area contributed by atoms with Crippen LogP contribution in [0.2, 0.25) is 5.02 Å². The smallest absolute Gasteiger partial charge is 0.253 e. The molecule has 0 aliphatic rings. The Labute approximate surface area is 162 Å². The van der Waals surface area contributed by atoms with Crippen molar-refractivity contribution < 1.29 is 4.79 Å². The lowest BCUT2D eigenvalue weighted by Crippen LogP contribution is -2.19. The Kier molecular flexibility index (Phi) is 5.85. The van der Waals surface area contributed by atoms with Crippen molar-refractivity contribution in [2.75, 3.05) is 17.7 Å². The Morgan fingerprint density at radius 1 is 1.15 bits per heavy atom. The number of carbonyl (C=O) groups excluding carboxylic acids is 1. The normalized spacial score (nSPS) is 10.3. The number of nitrogens with zero attached hydrogens (tertiary/aromatic N) is 2. The van der Waals surface area contributed by atoms with Crippen LogP contribution >= 0.6 is 11.6 Å². The third-order valence-corrected chi connectivity index (χ3v) is 4.09. The summed E-state index contributed by atoms with van der Waals surface area (Å²) in [5.41, 5.74) is 8.56. The molecular weight excluding hydrogens is 364 g/mol. The molecule has 0 radical (unpaired) electrons. The molecular formula is C19H19ClN6O. The van der Waals surface area contributed by atoms with E-state index >= 15 is 0 Å². The maximum atomic E-state index is 12.0. The highest BCUT2D eigenvalue weighted by Crippen LogP contribution is 2.27. The second-order valence-electron chi connectivity index (χ2n) is 5.67. The molecule has 3 rings (SSSR count). The molecule has 27 heavy (non-hydrogen) atoms. The molecule has 0 saturated carbocycles. The molecule has 1 heterocycles. The number of hydrogen-bond donors (Lipinski definition) is 4. The monoisotopic (exact) mass is 382 g/mol. The molecule has 1 aromatic heterocycles. The molecule has 0 unspecified atom stereocenters. The first-order valence-corrected chi connectivity index (χ1v) is 8.65. The predicted molar refractivity (Wildman–Crippen MR) is 108 cm³/mol. The van der Waals surface area contributed by atoms with E-state index < -0.39 is 0 Å². The van der Waals surface area contributed by atoms with Crippen LogP contribution in [0, 0.1) is 0 Å². The molecule has 0 bridgehead atoms. The Morgan fingerprint density at radius 2 is 1.96 bits per heavy atom. The van der Waals surface area contributed by atoms with E-state index in [2.05, 4.69) is 25.9 Å². The summed E-state index contributed by atoms with van der Waals surface area (Å²) in [6, 6.07) is 14.8. The highest BCUT2D eigenvalue weighted by Gasteiger charge is 2.12. The van der Waals surface area contributed by atoms with Gasteiger partial charge < -0.3 is 21.7 Å². The molecule has 1 amide bonds. The number of carbonyl (C=O) groups is 1. The molecule has 0 saturated heterocycles. The van der Waals surface area contributed by atoms with E-state index in [0.717, 1.165) is 11.3 Å². The average molecular weight is 383 g/mol. The highest BCUT2D eigenvalue weighted by atomic mass is 35.5. The third kappa shape index (κ3) is 4.52. The van der Waals surface area contributed by atoms with Crippen molar-refractivity contribution in [2.45, 2.75) is 6.54 Å². The van der Waals surface area contributed by atoms with Gasteiger partial charge in [-0.3, -0.25) is 4.79 Å². The fraction of sp³-hybridized carbons (Fsp3) is 0.105. The molecule has 5 N–H and O–H groups in total. The Hall–Kier alpha value is -3.16. The van der Waals surface area contributed by atoms with Crippen molar-refractivity contribution in [3.05, 3.63) is 70.9 Å². The van der Waals surface area contributed by atoms with Crippen molar-refractivity contribution >= 4 is 40.6 Å². The largest absolute Gasteiger partial charge is 0.355 e. The average Bonchev–Trinajstić information content (AvgIpc) is 2.70. The van der Waals surface area contributed by atoms with Crippen molar-refractivity contribution in [3.8, 4) is 0 Å².